The average Bonchev–Trinajstić information content (AvgIpc) is 3.41. The number of carbonyl (C=O) groups is 3. The number of thiazole rings is 1. The molecule has 0 saturated carbocycles. The molecule has 3 aromatic rings. The Labute approximate surface area is 205 Å². The van der Waals surface area contributed by atoms with Crippen LogP contribution in [0, 0.1) is 0 Å². The summed E-state index contributed by atoms with van der Waals surface area (Å²) in [4.78, 5) is 39.8. The number of aliphatic carboxylic acids is 1. The monoisotopic (exact) mass is 495 g/mol. The van der Waals surface area contributed by atoms with Crippen molar-refractivity contribution in [3.05, 3.63) is 75.7 Å². The molecule has 0 fully saturated rings. The third kappa shape index (κ3) is 5.67. The van der Waals surface area contributed by atoms with Crippen LogP contribution in [0.25, 0.3) is 11.1 Å². The number of aromatic nitrogens is 1. The maximum atomic E-state index is 12.3. The number of carboxylic acid groups (broad SMARTS) is 1. The third-order valence-electron chi connectivity index (χ3n) is 5.73. The minimum Gasteiger partial charge on any atom is -0.480 e. The lowest BCUT2D eigenvalue weighted by molar-refractivity contribution is -0.144. The number of hydrogen-bond donors (Lipinski definition) is 4. The van der Waals surface area contributed by atoms with Gasteiger partial charge in [0.15, 0.2) is 6.04 Å². The summed E-state index contributed by atoms with van der Waals surface area (Å²) in [5, 5.41) is 25.7. The Bertz CT molecular complexity index is 1200. The Morgan fingerprint density at radius 1 is 1.09 bits per heavy atom. The molecule has 2 atom stereocenters. The largest absolute Gasteiger partial charge is 0.480 e. The molecule has 2 unspecified atom stereocenters. The first kappa shape index (κ1) is 24.4. The van der Waals surface area contributed by atoms with Crippen LogP contribution >= 0.6 is 11.3 Å². The molecule has 4 rings (SSSR count). The number of benzene rings is 2. The van der Waals surface area contributed by atoms with Gasteiger partial charge in [0.25, 0.3) is 0 Å². The van der Waals surface area contributed by atoms with Crippen LogP contribution in [0.15, 0.2) is 53.9 Å². The Morgan fingerprint density at radius 2 is 1.71 bits per heavy atom. The maximum Gasteiger partial charge on any atom is 0.407 e. The van der Waals surface area contributed by atoms with E-state index in [9.17, 15) is 19.5 Å². The van der Waals surface area contributed by atoms with Crippen molar-refractivity contribution < 1.29 is 29.3 Å². The third-order valence-corrected chi connectivity index (χ3v) is 6.63. The molecule has 2 aromatic carbocycles. The van der Waals surface area contributed by atoms with E-state index in [0.717, 1.165) is 22.3 Å². The number of fused-ring (bicyclic) bond motifs is 3. The van der Waals surface area contributed by atoms with Crippen molar-refractivity contribution >= 4 is 29.3 Å². The standard InChI is InChI=1S/C25H25N3O6S/c1-14(29)23(24(31)32)28-21(30)10-15-13-35-22(27-15)11-26-25(33)34-12-20-18-8-4-2-6-16(18)17-7-3-5-9-19(17)20/h2-9,13-14,20,23,29H,10-12H2,1H3,(H,26,33)(H,28,30)(H,31,32). The zero-order valence-electron chi connectivity index (χ0n) is 18.9. The molecule has 182 valence electrons. The molecule has 0 spiro atoms. The van der Waals surface area contributed by atoms with Gasteiger partial charge in [0.1, 0.15) is 11.6 Å². The highest BCUT2D eigenvalue weighted by atomic mass is 32.1. The minimum atomic E-state index is -1.39. The van der Waals surface area contributed by atoms with E-state index in [-0.39, 0.29) is 25.5 Å². The van der Waals surface area contributed by atoms with Gasteiger partial charge in [-0.05, 0) is 29.2 Å². The van der Waals surface area contributed by atoms with E-state index in [1.807, 2.05) is 36.4 Å². The number of aliphatic hydroxyl groups is 1. The topological polar surface area (TPSA) is 138 Å². The van der Waals surface area contributed by atoms with Crippen LogP contribution in [0.4, 0.5) is 4.79 Å². The molecule has 10 heteroatoms. The van der Waals surface area contributed by atoms with Gasteiger partial charge in [0.05, 0.1) is 24.8 Å². The molecule has 0 saturated heterocycles. The van der Waals surface area contributed by atoms with Crippen molar-refractivity contribution in [2.75, 3.05) is 6.61 Å². The molecule has 4 N–H and O–H groups in total. The van der Waals surface area contributed by atoms with Crippen LogP contribution in [0.1, 0.15) is 34.7 Å². The van der Waals surface area contributed by atoms with E-state index in [0.29, 0.717) is 10.7 Å². The highest BCUT2D eigenvalue weighted by Gasteiger charge is 2.29. The normalized spacial score (nSPS) is 13.9. The lowest BCUT2D eigenvalue weighted by Gasteiger charge is -2.16. The Morgan fingerprint density at radius 3 is 2.31 bits per heavy atom. The van der Waals surface area contributed by atoms with Gasteiger partial charge < -0.3 is 25.6 Å². The molecule has 9 nitrogen and oxygen atoms in total. The van der Waals surface area contributed by atoms with E-state index < -0.39 is 30.1 Å². The Kier molecular flexibility index (Phi) is 7.42. The van der Waals surface area contributed by atoms with E-state index in [1.54, 1.807) is 5.38 Å². The second kappa shape index (κ2) is 10.7. The molecule has 1 aliphatic rings. The van der Waals surface area contributed by atoms with Crippen molar-refractivity contribution in [2.45, 2.75) is 38.0 Å². The summed E-state index contributed by atoms with van der Waals surface area (Å²) < 4.78 is 5.50. The van der Waals surface area contributed by atoms with Gasteiger partial charge in [0, 0.05) is 11.3 Å². The number of ether oxygens (including phenoxy) is 1. The summed E-state index contributed by atoms with van der Waals surface area (Å²) >= 11 is 1.26. The lowest BCUT2D eigenvalue weighted by atomic mass is 9.98. The second-order valence-electron chi connectivity index (χ2n) is 8.21. The van der Waals surface area contributed by atoms with E-state index in [4.69, 9.17) is 9.84 Å². The molecule has 0 radical (unpaired) electrons. The van der Waals surface area contributed by atoms with Crippen molar-refractivity contribution in [2.24, 2.45) is 0 Å². The first-order valence-corrected chi connectivity index (χ1v) is 11.9. The van der Waals surface area contributed by atoms with E-state index >= 15 is 0 Å². The number of carboxylic acids is 1. The molecule has 35 heavy (non-hydrogen) atoms. The molecule has 0 bridgehead atoms. The molecule has 1 aromatic heterocycles. The Balaban J connectivity index is 1.27. The van der Waals surface area contributed by atoms with Crippen LogP contribution < -0.4 is 10.6 Å². The van der Waals surface area contributed by atoms with Gasteiger partial charge in [-0.15, -0.1) is 11.3 Å². The predicted molar refractivity (Wildman–Crippen MR) is 129 cm³/mol. The van der Waals surface area contributed by atoms with Crippen LogP contribution in [0.5, 0.6) is 0 Å². The van der Waals surface area contributed by atoms with Crippen LogP contribution in [-0.4, -0.2) is 51.9 Å². The van der Waals surface area contributed by atoms with Crippen molar-refractivity contribution in [1.82, 2.24) is 15.6 Å². The van der Waals surface area contributed by atoms with Crippen molar-refractivity contribution in [3.63, 3.8) is 0 Å². The smallest absolute Gasteiger partial charge is 0.407 e. The number of alkyl carbamates (subject to hydrolysis) is 1. The fourth-order valence-electron chi connectivity index (χ4n) is 4.09. The average molecular weight is 496 g/mol. The number of amides is 2. The summed E-state index contributed by atoms with van der Waals surface area (Å²) in [7, 11) is 0. The number of nitrogens with zero attached hydrogens (tertiary/aromatic N) is 1. The first-order valence-electron chi connectivity index (χ1n) is 11.1. The minimum absolute atomic E-state index is 0.0330. The fraction of sp³-hybridized carbons (Fsp3) is 0.280. The number of carbonyl (C=O) groups excluding carboxylic acids is 2. The highest BCUT2D eigenvalue weighted by molar-refractivity contribution is 7.09. The van der Waals surface area contributed by atoms with Gasteiger partial charge in [-0.3, -0.25) is 4.79 Å². The number of hydrogen-bond acceptors (Lipinski definition) is 7. The van der Waals surface area contributed by atoms with Crippen LogP contribution in [0.2, 0.25) is 0 Å². The maximum absolute atomic E-state index is 12.3. The molecular formula is C25H25N3O6S. The van der Waals surface area contributed by atoms with Gasteiger partial charge in [-0.2, -0.15) is 0 Å². The van der Waals surface area contributed by atoms with E-state index in [1.165, 1.54) is 18.3 Å². The second-order valence-corrected chi connectivity index (χ2v) is 9.16. The number of rotatable bonds is 9. The fourth-order valence-corrected chi connectivity index (χ4v) is 4.82. The van der Waals surface area contributed by atoms with Gasteiger partial charge in [-0.1, -0.05) is 48.5 Å². The van der Waals surface area contributed by atoms with E-state index in [2.05, 4.69) is 27.8 Å². The highest BCUT2D eigenvalue weighted by Crippen LogP contribution is 2.44. The van der Waals surface area contributed by atoms with Crippen molar-refractivity contribution in [3.8, 4) is 11.1 Å². The van der Waals surface area contributed by atoms with Gasteiger partial charge >= 0.3 is 12.1 Å². The van der Waals surface area contributed by atoms with Crippen LogP contribution in [0.3, 0.4) is 0 Å². The lowest BCUT2D eigenvalue weighted by Crippen LogP contribution is -2.48. The molecular weight excluding hydrogens is 470 g/mol. The Hall–Kier alpha value is -3.76. The number of aliphatic hydroxyl groups excluding tert-OH is 1. The summed E-state index contributed by atoms with van der Waals surface area (Å²) in [5.41, 5.74) is 5.00. The molecule has 1 aliphatic carbocycles. The summed E-state index contributed by atoms with van der Waals surface area (Å²) in [6.45, 7) is 1.63. The zero-order valence-corrected chi connectivity index (χ0v) is 19.7. The first-order chi connectivity index (χ1) is 16.8. The molecule has 2 amide bonds. The van der Waals surface area contributed by atoms with Crippen LogP contribution in [-0.2, 0) is 27.3 Å². The molecule has 1 heterocycles. The summed E-state index contributed by atoms with van der Waals surface area (Å²) in [6.07, 6.45) is -1.94. The molecule has 0 aliphatic heterocycles. The van der Waals surface area contributed by atoms with Gasteiger partial charge in [-0.25, -0.2) is 14.6 Å². The quantitative estimate of drug-likeness (QED) is 0.358. The SMILES string of the molecule is CC(O)C(NC(=O)Cc1csc(CNC(=O)OCC2c3ccccc3-c3ccccc32)n1)C(=O)O. The van der Waals surface area contributed by atoms with Gasteiger partial charge in [0.2, 0.25) is 5.91 Å². The predicted octanol–water partition coefficient (Wildman–Crippen LogP) is 2.67. The summed E-state index contributed by atoms with van der Waals surface area (Å²) in [6, 6.07) is 14.8. The zero-order chi connectivity index (χ0) is 24.9. The van der Waals surface area contributed by atoms with Crippen molar-refractivity contribution in [1.29, 1.82) is 0 Å². The summed E-state index contributed by atoms with van der Waals surface area (Å²) in [5.74, 6) is -1.92. The number of nitrogens with one attached hydrogen (secondary N) is 2.